The Kier molecular flexibility index (Phi) is 8.80. The molecule has 0 spiro atoms. The third kappa shape index (κ3) is 6.36. The molecule has 12 heteroatoms. The van der Waals surface area contributed by atoms with Crippen molar-refractivity contribution in [3.05, 3.63) is 82.1 Å². The van der Waals surface area contributed by atoms with Crippen molar-refractivity contribution in [2.75, 3.05) is 13.7 Å². The fourth-order valence-electron chi connectivity index (χ4n) is 4.58. The van der Waals surface area contributed by atoms with Crippen LogP contribution in [0.25, 0.3) is 11.1 Å². The second-order valence-corrected chi connectivity index (χ2v) is 11.7. The number of halogens is 3. The summed E-state index contributed by atoms with van der Waals surface area (Å²) in [5, 5.41) is 12.5. The molecular weight excluding hydrogens is 570 g/mol. The highest BCUT2D eigenvalue weighted by molar-refractivity contribution is 7.89. The lowest BCUT2D eigenvalue weighted by Crippen LogP contribution is -2.47. The first-order valence-corrected chi connectivity index (χ1v) is 14.1. The molecule has 0 aromatic heterocycles. The average molecular weight is 595 g/mol. The Morgan fingerprint density at radius 1 is 1.13 bits per heavy atom. The number of carboxylic acids is 1. The minimum atomic E-state index is -4.11. The summed E-state index contributed by atoms with van der Waals surface area (Å²) in [4.78, 5) is 24.8. The molecule has 0 radical (unpaired) electrons. The minimum Gasteiger partial charge on any atom is -0.494 e. The summed E-state index contributed by atoms with van der Waals surface area (Å²) >= 11 is 12.0. The summed E-state index contributed by atoms with van der Waals surface area (Å²) in [6.07, 6.45) is 0.255. The van der Waals surface area contributed by atoms with Gasteiger partial charge in [0.2, 0.25) is 15.9 Å². The van der Waals surface area contributed by atoms with E-state index < -0.39 is 46.2 Å². The van der Waals surface area contributed by atoms with Crippen molar-refractivity contribution < 1.29 is 32.2 Å². The van der Waals surface area contributed by atoms with E-state index in [0.29, 0.717) is 23.1 Å². The average Bonchev–Trinajstić information content (AvgIpc) is 3.39. The molecule has 39 heavy (non-hydrogen) atoms. The van der Waals surface area contributed by atoms with Crippen LogP contribution in [0, 0.1) is 5.82 Å². The van der Waals surface area contributed by atoms with Crippen molar-refractivity contribution in [3.63, 3.8) is 0 Å². The molecule has 1 saturated heterocycles. The Hall–Kier alpha value is -3.18. The Bertz CT molecular complexity index is 1480. The van der Waals surface area contributed by atoms with E-state index in [0.717, 1.165) is 4.31 Å². The molecule has 1 heterocycles. The van der Waals surface area contributed by atoms with Crippen LogP contribution in [0.15, 0.2) is 65.6 Å². The highest BCUT2D eigenvalue weighted by atomic mass is 35.5. The number of aliphatic carboxylic acids is 1. The molecule has 0 aliphatic carbocycles. The summed E-state index contributed by atoms with van der Waals surface area (Å²) in [5.74, 6) is -2.23. The van der Waals surface area contributed by atoms with Gasteiger partial charge in [0.1, 0.15) is 6.04 Å². The van der Waals surface area contributed by atoms with Gasteiger partial charge in [0.25, 0.3) is 0 Å². The van der Waals surface area contributed by atoms with E-state index in [1.165, 1.54) is 31.4 Å². The van der Waals surface area contributed by atoms with E-state index in [-0.39, 0.29) is 33.7 Å². The number of rotatable bonds is 9. The second kappa shape index (κ2) is 11.9. The summed E-state index contributed by atoms with van der Waals surface area (Å²) in [7, 11) is -2.74. The Balaban J connectivity index is 1.57. The second-order valence-electron chi connectivity index (χ2n) is 8.98. The largest absolute Gasteiger partial charge is 0.494 e. The van der Waals surface area contributed by atoms with E-state index in [4.69, 9.17) is 27.9 Å². The third-order valence-electron chi connectivity index (χ3n) is 6.45. The fraction of sp³-hybridized carbons (Fsp3) is 0.259. The van der Waals surface area contributed by atoms with Crippen molar-refractivity contribution >= 4 is 45.1 Å². The van der Waals surface area contributed by atoms with Crippen molar-refractivity contribution in [1.29, 1.82) is 0 Å². The molecule has 0 saturated carbocycles. The molecule has 3 aromatic rings. The van der Waals surface area contributed by atoms with Gasteiger partial charge < -0.3 is 15.2 Å². The number of carboxylic acid groups (broad SMARTS) is 1. The number of benzene rings is 3. The number of carbonyl (C=O) groups excluding carboxylic acids is 1. The minimum absolute atomic E-state index is 0.0868. The van der Waals surface area contributed by atoms with Crippen LogP contribution in [-0.4, -0.2) is 49.4 Å². The van der Waals surface area contributed by atoms with Crippen LogP contribution in [0.1, 0.15) is 30.9 Å². The van der Waals surface area contributed by atoms with E-state index >= 15 is 0 Å². The molecule has 1 amide bonds. The molecule has 2 atom stereocenters. The van der Waals surface area contributed by atoms with Crippen LogP contribution < -0.4 is 10.1 Å². The molecular formula is C27H25Cl2FN2O6S. The van der Waals surface area contributed by atoms with Gasteiger partial charge in [0.15, 0.2) is 11.6 Å². The first kappa shape index (κ1) is 28.8. The van der Waals surface area contributed by atoms with Crippen molar-refractivity contribution in [1.82, 2.24) is 9.62 Å². The molecule has 206 valence electrons. The van der Waals surface area contributed by atoms with Crippen LogP contribution in [0.5, 0.6) is 5.75 Å². The van der Waals surface area contributed by atoms with Crippen molar-refractivity contribution in [2.45, 2.75) is 36.2 Å². The van der Waals surface area contributed by atoms with E-state index in [9.17, 15) is 27.5 Å². The fourth-order valence-corrected chi connectivity index (χ4v) is 6.97. The van der Waals surface area contributed by atoms with Gasteiger partial charge in [0, 0.05) is 22.2 Å². The van der Waals surface area contributed by atoms with Gasteiger partial charge in [-0.25, -0.2) is 12.8 Å². The van der Waals surface area contributed by atoms with Crippen LogP contribution in [-0.2, 0) is 19.6 Å². The molecule has 3 aromatic carbocycles. The summed E-state index contributed by atoms with van der Waals surface area (Å²) in [5.41, 5.74) is 1.29. The molecule has 4 rings (SSSR count). The summed E-state index contributed by atoms with van der Waals surface area (Å²) in [6.45, 7) is 0.106. The zero-order valence-electron chi connectivity index (χ0n) is 20.7. The molecule has 8 nitrogen and oxygen atoms in total. The normalized spacial score (nSPS) is 16.6. The van der Waals surface area contributed by atoms with E-state index in [1.807, 2.05) is 0 Å². The molecule has 1 fully saturated rings. The van der Waals surface area contributed by atoms with Gasteiger partial charge in [-0.3, -0.25) is 9.59 Å². The molecule has 0 bridgehead atoms. The highest BCUT2D eigenvalue weighted by Gasteiger charge is 2.40. The lowest BCUT2D eigenvalue weighted by Gasteiger charge is -2.26. The topological polar surface area (TPSA) is 113 Å². The maximum atomic E-state index is 14.7. The van der Waals surface area contributed by atoms with Crippen molar-refractivity contribution in [2.24, 2.45) is 0 Å². The first-order chi connectivity index (χ1) is 18.5. The molecule has 2 N–H and O–H groups in total. The number of nitrogens with one attached hydrogen (secondary N) is 1. The lowest BCUT2D eigenvalue weighted by molar-refractivity contribution is -0.137. The van der Waals surface area contributed by atoms with Crippen LogP contribution in [0.4, 0.5) is 4.39 Å². The maximum absolute atomic E-state index is 14.7. The number of carbonyl (C=O) groups is 2. The predicted molar refractivity (Wildman–Crippen MR) is 145 cm³/mol. The zero-order valence-corrected chi connectivity index (χ0v) is 23.1. The molecule has 1 aliphatic rings. The SMILES string of the molecule is COc1cccc(-c2ccc([C@@H](CC(=O)O)NC(=O)[C@@H]3CCCN3S(=O)(=O)c3cc(Cl)cc(Cl)c3)cc2)c1F. The standard InChI is InChI=1S/C27H25Cl2FN2O6S/c1-38-24-6-2-4-21(26(24)30)16-7-9-17(10-8-16)22(15-25(33)34)31-27(35)23-5-3-11-32(23)39(36,37)20-13-18(28)12-19(29)14-20/h2,4,6-10,12-14,22-23H,3,5,11,15H2,1H3,(H,31,35)(H,33,34)/t22-,23+/m1/s1. The summed E-state index contributed by atoms with van der Waals surface area (Å²) < 4.78 is 47.5. The number of hydrogen-bond donors (Lipinski definition) is 2. The third-order valence-corrected chi connectivity index (χ3v) is 8.77. The number of ether oxygens (including phenoxy) is 1. The molecule has 1 aliphatic heterocycles. The van der Waals surface area contributed by atoms with Crippen LogP contribution >= 0.6 is 23.2 Å². The van der Waals surface area contributed by atoms with Crippen LogP contribution in [0.3, 0.4) is 0 Å². The Labute approximate surface area is 235 Å². The zero-order chi connectivity index (χ0) is 28.3. The maximum Gasteiger partial charge on any atom is 0.305 e. The number of amides is 1. The molecule has 0 unspecified atom stereocenters. The van der Waals surface area contributed by atoms with E-state index in [1.54, 1.807) is 36.4 Å². The van der Waals surface area contributed by atoms with Gasteiger partial charge in [-0.05, 0) is 48.2 Å². The number of nitrogens with zero attached hydrogens (tertiary/aromatic N) is 1. The van der Waals surface area contributed by atoms with Gasteiger partial charge in [-0.1, -0.05) is 59.6 Å². The smallest absolute Gasteiger partial charge is 0.305 e. The Morgan fingerprint density at radius 2 is 1.79 bits per heavy atom. The number of methoxy groups -OCH3 is 1. The quantitative estimate of drug-likeness (QED) is 0.348. The lowest BCUT2D eigenvalue weighted by atomic mass is 9.98. The Morgan fingerprint density at radius 3 is 2.41 bits per heavy atom. The van der Waals surface area contributed by atoms with Gasteiger partial charge in [0.05, 0.1) is 24.5 Å². The highest BCUT2D eigenvalue weighted by Crippen LogP contribution is 2.32. The monoisotopic (exact) mass is 594 g/mol. The predicted octanol–water partition coefficient (Wildman–Crippen LogP) is 5.29. The van der Waals surface area contributed by atoms with Crippen molar-refractivity contribution in [3.8, 4) is 16.9 Å². The van der Waals surface area contributed by atoms with Gasteiger partial charge >= 0.3 is 5.97 Å². The first-order valence-electron chi connectivity index (χ1n) is 11.9. The van der Waals surface area contributed by atoms with E-state index in [2.05, 4.69) is 5.32 Å². The van der Waals surface area contributed by atoms with Gasteiger partial charge in [-0.2, -0.15) is 4.31 Å². The van der Waals surface area contributed by atoms with Gasteiger partial charge in [-0.15, -0.1) is 0 Å². The number of sulfonamides is 1. The van der Waals surface area contributed by atoms with Crippen LogP contribution in [0.2, 0.25) is 10.0 Å². The summed E-state index contributed by atoms with van der Waals surface area (Å²) in [6, 6.07) is 13.1. The number of hydrogen-bond acceptors (Lipinski definition) is 5.